The standard InChI is InChI=1S/C13H21N3O3S/c1-15-20(17,18)13-8-11(14)2-3-12(13)16-9-10-4-6-19-7-5-10/h2-3,8,10,15-16H,4-7,9,14H2,1H3. The highest BCUT2D eigenvalue weighted by Gasteiger charge is 2.19. The highest BCUT2D eigenvalue weighted by atomic mass is 32.2. The molecule has 0 unspecified atom stereocenters. The molecule has 1 aliphatic heterocycles. The van der Waals surface area contributed by atoms with Gasteiger partial charge in [-0.25, -0.2) is 13.1 Å². The zero-order valence-corrected chi connectivity index (χ0v) is 12.4. The second kappa shape index (κ2) is 6.43. The van der Waals surface area contributed by atoms with Crippen molar-refractivity contribution in [3.8, 4) is 0 Å². The van der Waals surface area contributed by atoms with E-state index in [0.29, 0.717) is 17.3 Å². The van der Waals surface area contributed by atoms with Crippen molar-refractivity contribution in [3.05, 3.63) is 18.2 Å². The maximum Gasteiger partial charge on any atom is 0.242 e. The number of benzene rings is 1. The maximum atomic E-state index is 12.0. The molecule has 0 atom stereocenters. The quantitative estimate of drug-likeness (QED) is 0.706. The Morgan fingerprint density at radius 2 is 2.05 bits per heavy atom. The van der Waals surface area contributed by atoms with Crippen molar-refractivity contribution < 1.29 is 13.2 Å². The summed E-state index contributed by atoms with van der Waals surface area (Å²) < 4.78 is 31.6. The summed E-state index contributed by atoms with van der Waals surface area (Å²) in [6, 6.07) is 4.87. The predicted octanol–water partition coefficient (Wildman–Crippen LogP) is 1.02. The van der Waals surface area contributed by atoms with Gasteiger partial charge < -0.3 is 15.8 Å². The van der Waals surface area contributed by atoms with E-state index in [4.69, 9.17) is 10.5 Å². The van der Waals surface area contributed by atoms with Crippen LogP contribution in [0.3, 0.4) is 0 Å². The Labute approximate surface area is 119 Å². The number of anilines is 2. The smallest absolute Gasteiger partial charge is 0.242 e. The molecule has 0 radical (unpaired) electrons. The van der Waals surface area contributed by atoms with E-state index in [1.807, 2.05) is 0 Å². The molecule has 0 saturated carbocycles. The Bertz CT molecular complexity index is 554. The summed E-state index contributed by atoms with van der Waals surface area (Å²) in [6.45, 7) is 2.28. The van der Waals surface area contributed by atoms with Crippen LogP contribution in [0.5, 0.6) is 0 Å². The third-order valence-electron chi connectivity index (χ3n) is 3.49. The van der Waals surface area contributed by atoms with Crippen LogP contribution >= 0.6 is 0 Å². The van der Waals surface area contributed by atoms with Crippen LogP contribution in [-0.2, 0) is 14.8 Å². The van der Waals surface area contributed by atoms with Crippen molar-refractivity contribution in [2.24, 2.45) is 5.92 Å². The number of ether oxygens (including phenoxy) is 1. The van der Waals surface area contributed by atoms with Gasteiger partial charge in [0.05, 0.1) is 5.69 Å². The molecular weight excluding hydrogens is 278 g/mol. The molecule has 2 rings (SSSR count). The van der Waals surface area contributed by atoms with E-state index in [1.54, 1.807) is 12.1 Å². The Balaban J connectivity index is 2.14. The number of nitrogens with two attached hydrogens (primary N) is 1. The number of nitrogens with one attached hydrogen (secondary N) is 2. The summed E-state index contributed by atoms with van der Waals surface area (Å²) in [4.78, 5) is 0.187. The van der Waals surface area contributed by atoms with E-state index in [1.165, 1.54) is 13.1 Å². The average Bonchev–Trinajstić information content (AvgIpc) is 2.47. The minimum Gasteiger partial charge on any atom is -0.399 e. The SMILES string of the molecule is CNS(=O)(=O)c1cc(N)ccc1NCC1CCOCC1. The highest BCUT2D eigenvalue weighted by molar-refractivity contribution is 7.89. The molecular formula is C13H21N3O3S. The minimum atomic E-state index is -3.52. The molecule has 1 aromatic rings. The number of hydrogen-bond donors (Lipinski definition) is 3. The molecule has 0 bridgehead atoms. The van der Waals surface area contributed by atoms with Crippen LogP contribution in [0, 0.1) is 5.92 Å². The molecule has 1 saturated heterocycles. The van der Waals surface area contributed by atoms with Gasteiger partial charge in [0.15, 0.2) is 0 Å². The van der Waals surface area contributed by atoms with Gasteiger partial charge in [-0.3, -0.25) is 0 Å². The second-order valence-corrected chi connectivity index (χ2v) is 6.75. The molecule has 112 valence electrons. The fourth-order valence-corrected chi connectivity index (χ4v) is 3.16. The lowest BCUT2D eigenvalue weighted by atomic mass is 10.0. The Morgan fingerprint density at radius 3 is 2.70 bits per heavy atom. The molecule has 1 aromatic carbocycles. The van der Waals surface area contributed by atoms with E-state index in [0.717, 1.165) is 32.6 Å². The van der Waals surface area contributed by atoms with Crippen LogP contribution in [0.25, 0.3) is 0 Å². The minimum absolute atomic E-state index is 0.187. The van der Waals surface area contributed by atoms with E-state index in [9.17, 15) is 8.42 Å². The molecule has 1 heterocycles. The molecule has 7 heteroatoms. The molecule has 0 spiro atoms. The van der Waals surface area contributed by atoms with Crippen molar-refractivity contribution in [2.75, 3.05) is 37.9 Å². The first-order chi connectivity index (χ1) is 9.53. The summed E-state index contributed by atoms with van der Waals surface area (Å²) in [6.07, 6.45) is 1.99. The maximum absolute atomic E-state index is 12.0. The van der Waals surface area contributed by atoms with Gasteiger partial charge in [-0.15, -0.1) is 0 Å². The first kappa shape index (κ1) is 15.1. The van der Waals surface area contributed by atoms with Crippen molar-refractivity contribution in [3.63, 3.8) is 0 Å². The predicted molar refractivity (Wildman–Crippen MR) is 79.1 cm³/mol. The van der Waals surface area contributed by atoms with Crippen LogP contribution in [0.2, 0.25) is 0 Å². The number of rotatable bonds is 5. The monoisotopic (exact) mass is 299 g/mol. The van der Waals surface area contributed by atoms with Gasteiger partial charge >= 0.3 is 0 Å². The second-order valence-electron chi connectivity index (χ2n) is 4.90. The fraction of sp³-hybridized carbons (Fsp3) is 0.538. The van der Waals surface area contributed by atoms with Gasteiger partial charge in [-0.2, -0.15) is 0 Å². The van der Waals surface area contributed by atoms with E-state index in [2.05, 4.69) is 10.0 Å². The normalized spacial score (nSPS) is 17.1. The summed E-state index contributed by atoms with van der Waals surface area (Å²) in [5.74, 6) is 0.506. The molecule has 1 aliphatic rings. The Hall–Kier alpha value is -1.31. The Morgan fingerprint density at radius 1 is 1.35 bits per heavy atom. The Kier molecular flexibility index (Phi) is 4.85. The summed E-state index contributed by atoms with van der Waals surface area (Å²) >= 11 is 0. The fourth-order valence-electron chi connectivity index (χ4n) is 2.22. The number of sulfonamides is 1. The van der Waals surface area contributed by atoms with Crippen molar-refractivity contribution in [1.82, 2.24) is 4.72 Å². The zero-order valence-electron chi connectivity index (χ0n) is 11.6. The molecule has 4 N–H and O–H groups in total. The van der Waals surface area contributed by atoms with Crippen LogP contribution in [0.4, 0.5) is 11.4 Å². The lowest BCUT2D eigenvalue weighted by Crippen LogP contribution is -2.24. The molecule has 20 heavy (non-hydrogen) atoms. The number of hydrogen-bond acceptors (Lipinski definition) is 5. The third-order valence-corrected chi connectivity index (χ3v) is 4.94. The third kappa shape index (κ3) is 3.62. The first-order valence-electron chi connectivity index (χ1n) is 6.67. The molecule has 6 nitrogen and oxygen atoms in total. The van der Waals surface area contributed by atoms with Crippen LogP contribution in [0.1, 0.15) is 12.8 Å². The van der Waals surface area contributed by atoms with E-state index in [-0.39, 0.29) is 4.90 Å². The van der Waals surface area contributed by atoms with E-state index < -0.39 is 10.0 Å². The van der Waals surface area contributed by atoms with E-state index >= 15 is 0 Å². The highest BCUT2D eigenvalue weighted by Crippen LogP contribution is 2.25. The van der Waals surface area contributed by atoms with Crippen LogP contribution in [-0.4, -0.2) is 35.2 Å². The van der Waals surface area contributed by atoms with Gasteiger partial charge in [0.2, 0.25) is 10.0 Å². The van der Waals surface area contributed by atoms with Gasteiger partial charge in [0, 0.05) is 25.4 Å². The largest absolute Gasteiger partial charge is 0.399 e. The van der Waals surface area contributed by atoms with Gasteiger partial charge in [-0.05, 0) is 44.0 Å². The van der Waals surface area contributed by atoms with Gasteiger partial charge in [-0.1, -0.05) is 0 Å². The molecule has 0 aromatic heterocycles. The zero-order chi connectivity index (χ0) is 14.6. The summed E-state index contributed by atoms with van der Waals surface area (Å²) in [5, 5.41) is 3.22. The lowest BCUT2D eigenvalue weighted by molar-refractivity contribution is 0.0699. The van der Waals surface area contributed by atoms with Crippen LogP contribution in [0.15, 0.2) is 23.1 Å². The molecule has 0 amide bonds. The average molecular weight is 299 g/mol. The molecule has 0 aliphatic carbocycles. The lowest BCUT2D eigenvalue weighted by Gasteiger charge is -2.23. The van der Waals surface area contributed by atoms with Crippen molar-refractivity contribution in [2.45, 2.75) is 17.7 Å². The first-order valence-corrected chi connectivity index (χ1v) is 8.16. The topological polar surface area (TPSA) is 93.5 Å². The van der Waals surface area contributed by atoms with Crippen molar-refractivity contribution >= 4 is 21.4 Å². The molecule has 1 fully saturated rings. The van der Waals surface area contributed by atoms with Crippen molar-refractivity contribution in [1.29, 1.82) is 0 Å². The van der Waals surface area contributed by atoms with Gasteiger partial charge in [0.1, 0.15) is 4.90 Å². The van der Waals surface area contributed by atoms with Gasteiger partial charge in [0.25, 0.3) is 0 Å². The summed E-state index contributed by atoms with van der Waals surface area (Å²) in [7, 11) is -2.13. The summed E-state index contributed by atoms with van der Waals surface area (Å²) in [5.41, 5.74) is 6.69. The van der Waals surface area contributed by atoms with Crippen LogP contribution < -0.4 is 15.8 Å². The number of nitrogen functional groups attached to an aromatic ring is 1.